The van der Waals surface area contributed by atoms with Crippen LogP contribution in [0.3, 0.4) is 0 Å². The van der Waals surface area contributed by atoms with Crippen LogP contribution in [0.1, 0.15) is 0 Å². The Morgan fingerprint density at radius 3 is 2.39 bits per heavy atom. The van der Waals surface area contributed by atoms with E-state index >= 15 is 0 Å². The number of hydrogen-bond donors (Lipinski definition) is 1. The second-order valence-corrected chi connectivity index (χ2v) is 11.1. The van der Waals surface area contributed by atoms with Gasteiger partial charge in [-0.25, -0.2) is 9.97 Å². The first kappa shape index (κ1) is 25.4. The summed E-state index contributed by atoms with van der Waals surface area (Å²) >= 11 is 3.48. The van der Waals surface area contributed by atoms with Crippen LogP contribution in [0, 0.1) is 0 Å². The molecule has 1 amide bonds. The smallest absolute Gasteiger partial charge is 0.236 e. The minimum atomic E-state index is 0.265. The Labute approximate surface area is 221 Å². The molecule has 0 atom stereocenters. The van der Waals surface area contributed by atoms with E-state index < -0.39 is 0 Å². The van der Waals surface area contributed by atoms with E-state index in [9.17, 15) is 4.79 Å². The molecule has 5 rings (SSSR count). The van der Waals surface area contributed by atoms with Gasteiger partial charge in [-0.15, -0.1) is 0 Å². The van der Waals surface area contributed by atoms with Gasteiger partial charge in [-0.1, -0.05) is 11.8 Å². The van der Waals surface area contributed by atoms with Crippen LogP contribution in [-0.2, 0) is 9.53 Å². The first-order chi connectivity index (χ1) is 17.7. The Morgan fingerprint density at radius 1 is 0.972 bits per heavy atom. The summed E-state index contributed by atoms with van der Waals surface area (Å²) in [5.74, 6) is 4.10. The fraction of sp³-hybridized carbons (Fsp3) is 0.560. The van der Waals surface area contributed by atoms with E-state index in [0.717, 1.165) is 99.6 Å². The molecule has 3 saturated heterocycles. The van der Waals surface area contributed by atoms with Gasteiger partial charge in [-0.3, -0.25) is 9.69 Å². The molecular weight excluding hydrogens is 494 g/mol. The zero-order valence-corrected chi connectivity index (χ0v) is 22.5. The molecule has 194 valence electrons. The second kappa shape index (κ2) is 12.4. The van der Waals surface area contributed by atoms with Crippen LogP contribution in [0.5, 0.6) is 0 Å². The quantitative estimate of drug-likeness (QED) is 0.427. The van der Waals surface area contributed by atoms with Crippen molar-refractivity contribution in [3.8, 4) is 0 Å². The number of benzene rings is 1. The van der Waals surface area contributed by atoms with E-state index in [0.29, 0.717) is 6.54 Å². The predicted molar refractivity (Wildman–Crippen MR) is 149 cm³/mol. The van der Waals surface area contributed by atoms with E-state index in [1.807, 2.05) is 29.0 Å². The summed E-state index contributed by atoms with van der Waals surface area (Å²) in [7, 11) is 0. The average Bonchev–Trinajstić information content (AvgIpc) is 2.94. The molecule has 0 saturated carbocycles. The number of thioether (sulfide) groups is 2. The standard InChI is InChI=1S/C25H35N7O2S2/c1-35-25-27-22(26-20-2-4-21(5-3-20)30-10-14-34-15-11-30)18-23(28-25)31-8-6-29(7-9-31)19-24(33)32-12-16-36-17-13-32/h2-5,18H,6-17,19H2,1H3,(H,26,27,28). The summed E-state index contributed by atoms with van der Waals surface area (Å²) < 4.78 is 5.46. The highest BCUT2D eigenvalue weighted by Gasteiger charge is 2.24. The summed E-state index contributed by atoms with van der Waals surface area (Å²) in [5.41, 5.74) is 2.22. The number of carbonyl (C=O) groups excluding carboxylic acids is 1. The Morgan fingerprint density at radius 2 is 1.69 bits per heavy atom. The van der Waals surface area contributed by atoms with E-state index in [1.165, 1.54) is 5.69 Å². The molecule has 3 fully saturated rings. The van der Waals surface area contributed by atoms with Gasteiger partial charge >= 0.3 is 0 Å². The molecule has 3 aliphatic heterocycles. The molecule has 36 heavy (non-hydrogen) atoms. The highest BCUT2D eigenvalue weighted by atomic mass is 32.2. The van der Waals surface area contributed by atoms with Gasteiger partial charge in [0, 0.05) is 81.3 Å². The van der Waals surface area contributed by atoms with E-state index in [4.69, 9.17) is 9.72 Å². The predicted octanol–water partition coefficient (Wildman–Crippen LogP) is 2.48. The molecule has 0 spiro atoms. The molecule has 3 aliphatic rings. The number of amides is 1. The number of carbonyl (C=O) groups is 1. The summed E-state index contributed by atoms with van der Waals surface area (Å²) in [5, 5.41) is 4.21. The number of hydrogen-bond acceptors (Lipinski definition) is 10. The van der Waals surface area contributed by atoms with Crippen LogP contribution in [-0.4, -0.2) is 116 Å². The molecule has 1 aromatic heterocycles. The molecule has 4 heterocycles. The van der Waals surface area contributed by atoms with Crippen LogP contribution < -0.4 is 15.1 Å². The van der Waals surface area contributed by atoms with Gasteiger partial charge in [0.15, 0.2) is 5.16 Å². The van der Waals surface area contributed by atoms with Crippen LogP contribution in [0.25, 0.3) is 0 Å². The minimum Gasteiger partial charge on any atom is -0.378 e. The lowest BCUT2D eigenvalue weighted by Crippen LogP contribution is -2.51. The van der Waals surface area contributed by atoms with Crippen molar-refractivity contribution < 1.29 is 9.53 Å². The van der Waals surface area contributed by atoms with Crippen LogP contribution in [0.15, 0.2) is 35.5 Å². The molecule has 1 aromatic carbocycles. The Kier molecular flexibility index (Phi) is 8.73. The molecule has 9 nitrogen and oxygen atoms in total. The number of nitrogens with zero attached hydrogens (tertiary/aromatic N) is 6. The minimum absolute atomic E-state index is 0.265. The van der Waals surface area contributed by atoms with Crippen LogP contribution >= 0.6 is 23.5 Å². The van der Waals surface area contributed by atoms with Gasteiger partial charge in [0.25, 0.3) is 0 Å². The molecule has 1 N–H and O–H groups in total. The topological polar surface area (TPSA) is 77.1 Å². The van der Waals surface area contributed by atoms with E-state index in [1.54, 1.807) is 11.8 Å². The molecule has 2 aromatic rings. The summed E-state index contributed by atoms with van der Waals surface area (Å²) in [6, 6.07) is 10.5. The highest BCUT2D eigenvalue weighted by Crippen LogP contribution is 2.26. The number of rotatable bonds is 7. The summed E-state index contributed by atoms with van der Waals surface area (Å²) in [6.07, 6.45) is 2.00. The SMILES string of the molecule is CSc1nc(Nc2ccc(N3CCOCC3)cc2)cc(N2CCN(CC(=O)N3CCSCC3)CC2)n1. The van der Waals surface area contributed by atoms with E-state index in [2.05, 4.69) is 49.3 Å². The Hall–Kier alpha value is -2.21. The zero-order chi connectivity index (χ0) is 24.7. The first-order valence-corrected chi connectivity index (χ1v) is 15.0. The van der Waals surface area contributed by atoms with Crippen molar-refractivity contribution in [2.45, 2.75) is 5.16 Å². The normalized spacial score (nSPS) is 19.4. The van der Waals surface area contributed by atoms with Gasteiger partial charge in [-0.2, -0.15) is 11.8 Å². The van der Waals surface area contributed by atoms with Crippen LogP contribution in [0.2, 0.25) is 0 Å². The average molecular weight is 530 g/mol. The van der Waals surface area contributed by atoms with Gasteiger partial charge in [0.2, 0.25) is 5.91 Å². The van der Waals surface area contributed by atoms with E-state index in [-0.39, 0.29) is 5.91 Å². The zero-order valence-electron chi connectivity index (χ0n) is 20.9. The molecule has 0 radical (unpaired) electrons. The lowest BCUT2D eigenvalue weighted by atomic mass is 10.2. The van der Waals surface area contributed by atoms with Gasteiger partial charge < -0.3 is 24.8 Å². The van der Waals surface area contributed by atoms with Crippen molar-refractivity contribution in [2.24, 2.45) is 0 Å². The Bertz CT molecular complexity index is 1010. The monoisotopic (exact) mass is 529 g/mol. The number of ether oxygens (including phenoxy) is 1. The number of nitrogens with one attached hydrogen (secondary N) is 1. The number of piperazine rings is 1. The molecule has 0 bridgehead atoms. The first-order valence-electron chi connectivity index (χ1n) is 12.6. The van der Waals surface area contributed by atoms with Crippen molar-refractivity contribution in [2.75, 3.05) is 105 Å². The maximum absolute atomic E-state index is 12.7. The number of morpholine rings is 1. The largest absolute Gasteiger partial charge is 0.378 e. The lowest BCUT2D eigenvalue weighted by molar-refractivity contribution is -0.132. The third-order valence-corrected chi connectivity index (χ3v) is 8.30. The fourth-order valence-electron chi connectivity index (χ4n) is 4.69. The van der Waals surface area contributed by atoms with Crippen molar-refractivity contribution in [3.63, 3.8) is 0 Å². The lowest BCUT2D eigenvalue weighted by Gasteiger charge is -2.36. The number of anilines is 4. The third-order valence-electron chi connectivity index (χ3n) is 6.81. The summed E-state index contributed by atoms with van der Waals surface area (Å²) in [4.78, 5) is 31.0. The molecule has 0 unspecified atom stereocenters. The molecule has 0 aliphatic carbocycles. The number of aromatic nitrogens is 2. The van der Waals surface area contributed by atoms with Gasteiger partial charge in [-0.05, 0) is 30.5 Å². The molecule has 11 heteroatoms. The van der Waals surface area contributed by atoms with Crippen LogP contribution in [0.4, 0.5) is 23.0 Å². The van der Waals surface area contributed by atoms with Gasteiger partial charge in [0.1, 0.15) is 11.6 Å². The highest BCUT2D eigenvalue weighted by molar-refractivity contribution is 7.99. The van der Waals surface area contributed by atoms with Crippen molar-refractivity contribution in [1.82, 2.24) is 19.8 Å². The summed E-state index contributed by atoms with van der Waals surface area (Å²) in [6.45, 7) is 9.12. The Balaban J connectivity index is 1.19. The van der Waals surface area contributed by atoms with Crippen molar-refractivity contribution in [3.05, 3.63) is 30.3 Å². The van der Waals surface area contributed by atoms with Crippen molar-refractivity contribution in [1.29, 1.82) is 0 Å². The maximum Gasteiger partial charge on any atom is 0.236 e. The van der Waals surface area contributed by atoms with Gasteiger partial charge in [0.05, 0.1) is 19.8 Å². The molecular formula is C25H35N7O2S2. The fourth-order valence-corrected chi connectivity index (χ4v) is 5.97. The third kappa shape index (κ3) is 6.56. The second-order valence-electron chi connectivity index (χ2n) is 9.13. The maximum atomic E-state index is 12.7. The van der Waals surface area contributed by atoms with Crippen molar-refractivity contribution >= 4 is 52.4 Å².